The van der Waals surface area contributed by atoms with Crippen LogP contribution in [0.2, 0.25) is 0 Å². The molecule has 0 aromatic rings. The zero-order valence-corrected chi connectivity index (χ0v) is 5.22. The van der Waals surface area contributed by atoms with Gasteiger partial charge in [-0.2, -0.15) is 5.20 Å². The third-order valence-corrected chi connectivity index (χ3v) is 1.09. The van der Waals surface area contributed by atoms with Crippen molar-refractivity contribution in [3.05, 3.63) is 0 Å². The minimum absolute atomic E-state index is 1.85. The van der Waals surface area contributed by atoms with Crippen molar-refractivity contribution in [1.82, 2.24) is 5.20 Å². The molecule has 6 heavy (non-hydrogen) atoms. The standard InChI is InChI=1S/ClH4N2OPS/c1-5(4,6)3-2/h2H2,(H2,3,4,6). The first-order valence-corrected chi connectivity index (χ1v) is 4.72. The third-order valence-electron chi connectivity index (χ3n) is 0.159. The first-order valence-electron chi connectivity index (χ1n) is 1.06. The Morgan fingerprint density at radius 1 is 2.00 bits per heavy atom. The predicted molar refractivity (Wildman–Crippen MR) is 29.7 cm³/mol. The number of hydrogen-bond donors (Lipinski definition) is 3. The lowest BCUT2D eigenvalue weighted by molar-refractivity contribution is 0.623. The van der Waals surface area contributed by atoms with Gasteiger partial charge in [0.2, 0.25) is 5.77 Å². The Bertz CT molecular complexity index is 77.6. The van der Waals surface area contributed by atoms with Crippen LogP contribution < -0.4 is 11.0 Å². The molecule has 3 nitrogen and oxygen atoms in total. The van der Waals surface area contributed by atoms with Crippen LogP contribution in [0.1, 0.15) is 0 Å². The van der Waals surface area contributed by atoms with E-state index in [2.05, 4.69) is 17.6 Å². The molecule has 0 spiro atoms. The van der Waals surface area contributed by atoms with Gasteiger partial charge in [-0.15, -0.1) is 0 Å². The lowest BCUT2D eigenvalue weighted by Gasteiger charge is -1.98. The predicted octanol–water partition coefficient (Wildman–Crippen LogP) is -0.0947. The second kappa shape index (κ2) is 2.21. The quantitative estimate of drug-likeness (QED) is 0.275. The average molecular weight is 147 g/mol. The summed E-state index contributed by atoms with van der Waals surface area (Å²) >= 11 is 9.15. The van der Waals surface area contributed by atoms with Crippen LogP contribution in [0.15, 0.2) is 0 Å². The maximum absolute atomic E-state index is 8.28. The van der Waals surface area contributed by atoms with Crippen molar-refractivity contribution < 1.29 is 4.89 Å². The highest BCUT2D eigenvalue weighted by Crippen LogP contribution is 2.39. The third kappa shape index (κ3) is 4.82. The molecule has 0 aliphatic rings. The molecule has 0 aromatic carbocycles. The van der Waals surface area contributed by atoms with Crippen molar-refractivity contribution in [2.24, 2.45) is 5.84 Å². The summed E-state index contributed by atoms with van der Waals surface area (Å²) in [5.74, 6) is 1.81. The van der Waals surface area contributed by atoms with E-state index in [1.165, 1.54) is 0 Å². The van der Waals surface area contributed by atoms with E-state index in [9.17, 15) is 0 Å². The van der Waals surface area contributed by atoms with Gasteiger partial charge in [0, 0.05) is 0 Å². The van der Waals surface area contributed by atoms with Crippen molar-refractivity contribution in [2.75, 3.05) is 0 Å². The van der Waals surface area contributed by atoms with Gasteiger partial charge in [-0.1, -0.05) is 0 Å². The Kier molecular flexibility index (Phi) is 2.51. The first-order chi connectivity index (χ1) is 2.56. The van der Waals surface area contributed by atoms with Crippen molar-refractivity contribution in [3.8, 4) is 0 Å². The molecule has 0 saturated carbocycles. The van der Waals surface area contributed by atoms with Crippen molar-refractivity contribution in [1.29, 1.82) is 0 Å². The molecule has 0 aliphatic heterocycles. The van der Waals surface area contributed by atoms with Gasteiger partial charge in [0.1, 0.15) is 0 Å². The number of halogens is 1. The van der Waals surface area contributed by atoms with Gasteiger partial charge >= 0.3 is 0 Å². The summed E-state index contributed by atoms with van der Waals surface area (Å²) in [5.41, 5.74) is 0. The fourth-order valence-corrected chi connectivity index (χ4v) is 0. The van der Waals surface area contributed by atoms with E-state index in [-0.39, 0.29) is 0 Å². The van der Waals surface area contributed by atoms with Crippen molar-refractivity contribution in [3.63, 3.8) is 0 Å². The molecule has 38 valence electrons. The number of hydrogen-bond acceptors (Lipinski definition) is 2. The number of hydrazine groups is 1. The van der Waals surface area contributed by atoms with Crippen LogP contribution in [0.5, 0.6) is 0 Å². The summed E-state index contributed by atoms with van der Waals surface area (Å²) in [7, 11) is 0. The topological polar surface area (TPSA) is 58.3 Å². The molecule has 0 heterocycles. The smallest absolute Gasteiger partial charge is 0.229 e. The minimum atomic E-state index is -2.81. The number of nitrogens with one attached hydrogen (secondary N) is 1. The fourth-order valence-electron chi connectivity index (χ4n) is 0. The maximum Gasteiger partial charge on any atom is 0.229 e. The Hall–Kier alpha value is 0.820. The Morgan fingerprint density at radius 2 is 2.17 bits per heavy atom. The fraction of sp³-hybridized carbons (Fsp3) is 0. The van der Waals surface area contributed by atoms with Crippen LogP contribution in [-0.4, -0.2) is 4.89 Å². The van der Waals surface area contributed by atoms with E-state index >= 15 is 0 Å². The summed E-state index contributed by atoms with van der Waals surface area (Å²) in [6.07, 6.45) is 0. The van der Waals surface area contributed by atoms with Crippen molar-refractivity contribution >= 4 is 28.8 Å². The SMILES string of the molecule is NNP(O)(=S)Cl. The van der Waals surface area contributed by atoms with Gasteiger partial charge in [0.05, 0.1) is 0 Å². The molecule has 0 fully saturated rings. The molecule has 0 bridgehead atoms. The number of nitrogens with two attached hydrogens (primary N) is 1. The van der Waals surface area contributed by atoms with Crippen LogP contribution >= 0.6 is 17.0 Å². The first kappa shape index (κ1) is 6.82. The van der Waals surface area contributed by atoms with Crippen LogP contribution in [-0.2, 0) is 11.8 Å². The molecular weight excluding hydrogens is 143 g/mol. The second-order valence-electron chi connectivity index (χ2n) is 0.631. The average Bonchev–Trinajstić information content (AvgIpc) is 1.35. The van der Waals surface area contributed by atoms with Crippen LogP contribution in [0.4, 0.5) is 0 Å². The zero-order chi connectivity index (χ0) is 5.21. The van der Waals surface area contributed by atoms with Crippen LogP contribution in [0, 0.1) is 0 Å². The lowest BCUT2D eigenvalue weighted by Crippen LogP contribution is -2.14. The van der Waals surface area contributed by atoms with E-state index in [1.807, 2.05) is 5.20 Å². The van der Waals surface area contributed by atoms with Gasteiger partial charge in [-0.3, -0.25) is 5.84 Å². The summed E-state index contributed by atoms with van der Waals surface area (Å²) < 4.78 is 0. The Labute approximate surface area is 45.4 Å². The highest BCUT2D eigenvalue weighted by Gasteiger charge is 1.98. The van der Waals surface area contributed by atoms with Gasteiger partial charge in [0.25, 0.3) is 0 Å². The van der Waals surface area contributed by atoms with E-state index in [0.29, 0.717) is 0 Å². The van der Waals surface area contributed by atoms with E-state index in [4.69, 9.17) is 16.1 Å². The van der Waals surface area contributed by atoms with Gasteiger partial charge in [-0.25, -0.2) is 0 Å². The molecule has 0 amide bonds. The minimum Gasteiger partial charge on any atom is -0.342 e. The van der Waals surface area contributed by atoms with E-state index in [0.717, 1.165) is 0 Å². The summed E-state index contributed by atoms with van der Waals surface area (Å²) in [6, 6.07) is 0. The van der Waals surface area contributed by atoms with Gasteiger partial charge in [-0.05, 0) is 23.0 Å². The summed E-state index contributed by atoms with van der Waals surface area (Å²) in [5, 5.41) is 1.85. The monoisotopic (exact) mass is 146 g/mol. The van der Waals surface area contributed by atoms with Gasteiger partial charge in [0.15, 0.2) is 0 Å². The Balaban J connectivity index is 3.48. The molecule has 4 N–H and O–H groups in total. The highest BCUT2D eigenvalue weighted by atomic mass is 35.7. The van der Waals surface area contributed by atoms with Gasteiger partial charge < -0.3 is 4.89 Å². The molecule has 0 radical (unpaired) electrons. The maximum atomic E-state index is 8.28. The normalized spacial score (nSPS) is 19.8. The molecule has 0 aliphatic carbocycles. The van der Waals surface area contributed by atoms with Crippen LogP contribution in [0.25, 0.3) is 0 Å². The molecular formula is H4ClN2OPS. The van der Waals surface area contributed by atoms with Crippen LogP contribution in [0.3, 0.4) is 0 Å². The molecule has 0 saturated heterocycles. The molecule has 1 atom stereocenters. The van der Waals surface area contributed by atoms with Crippen molar-refractivity contribution in [2.45, 2.75) is 0 Å². The second-order valence-corrected chi connectivity index (χ2v) is 5.55. The van der Waals surface area contributed by atoms with E-state index in [1.54, 1.807) is 0 Å². The Morgan fingerprint density at radius 3 is 2.17 bits per heavy atom. The molecule has 6 heteroatoms. The molecule has 0 aromatic heterocycles. The number of rotatable bonds is 1. The molecule has 0 rings (SSSR count). The largest absolute Gasteiger partial charge is 0.342 e. The molecule has 1 unspecified atom stereocenters. The lowest BCUT2D eigenvalue weighted by atomic mass is 13.0. The summed E-state index contributed by atoms with van der Waals surface area (Å²) in [6.45, 7) is 0. The highest BCUT2D eigenvalue weighted by molar-refractivity contribution is 8.23. The zero-order valence-electron chi connectivity index (χ0n) is 2.76. The van der Waals surface area contributed by atoms with E-state index < -0.39 is 5.77 Å². The summed E-state index contributed by atoms with van der Waals surface area (Å²) in [4.78, 5) is 8.28.